The van der Waals surface area contributed by atoms with E-state index in [2.05, 4.69) is 27.7 Å². The second-order valence-corrected chi connectivity index (χ2v) is 7.83. The third kappa shape index (κ3) is 1.32. The van der Waals surface area contributed by atoms with Crippen molar-refractivity contribution < 1.29 is 9.53 Å². The van der Waals surface area contributed by atoms with Gasteiger partial charge in [-0.15, -0.1) is 0 Å². The molecule has 18 heavy (non-hydrogen) atoms. The molecule has 1 heterocycles. The van der Waals surface area contributed by atoms with Gasteiger partial charge in [0, 0.05) is 11.3 Å². The predicted molar refractivity (Wildman–Crippen MR) is 71.1 cm³/mol. The Balaban J connectivity index is 2.10. The smallest absolute Gasteiger partial charge is 0.307 e. The van der Waals surface area contributed by atoms with E-state index in [4.69, 9.17) is 4.74 Å². The molecule has 3 rings (SSSR count). The predicted octanol–water partition coefficient (Wildman–Crippen LogP) is 3.93. The summed E-state index contributed by atoms with van der Waals surface area (Å²) in [6.07, 6.45) is 6.70. The number of ether oxygens (including phenoxy) is 1. The van der Waals surface area contributed by atoms with Crippen LogP contribution < -0.4 is 0 Å². The molecule has 2 aliphatic carbocycles. The molecular formula is C16H26O2. The number of rotatable bonds is 0. The van der Waals surface area contributed by atoms with E-state index < -0.39 is 0 Å². The molecular weight excluding hydrogens is 224 g/mol. The van der Waals surface area contributed by atoms with Crippen molar-refractivity contribution in [3.63, 3.8) is 0 Å². The minimum atomic E-state index is -0.149. The molecule has 0 N–H and O–H groups in total. The molecule has 0 bridgehead atoms. The normalized spacial score (nSPS) is 50.3. The van der Waals surface area contributed by atoms with Gasteiger partial charge in [-0.1, -0.05) is 27.7 Å². The maximum absolute atomic E-state index is 12.0. The van der Waals surface area contributed by atoms with E-state index in [9.17, 15) is 4.79 Å². The molecule has 1 saturated heterocycles. The Hall–Kier alpha value is -0.530. The Labute approximate surface area is 110 Å². The molecule has 1 spiro atoms. The molecule has 0 aromatic carbocycles. The van der Waals surface area contributed by atoms with Crippen LogP contribution in [0.2, 0.25) is 0 Å². The quantitative estimate of drug-likeness (QED) is 0.609. The van der Waals surface area contributed by atoms with Crippen molar-refractivity contribution in [1.29, 1.82) is 0 Å². The molecule has 0 aromatic heterocycles. The summed E-state index contributed by atoms with van der Waals surface area (Å²) in [5.41, 5.74) is 0.248. The summed E-state index contributed by atoms with van der Waals surface area (Å²) in [6, 6.07) is 0. The van der Waals surface area contributed by atoms with Crippen LogP contribution in [0.5, 0.6) is 0 Å². The molecule has 1 aliphatic heterocycles. The number of carbonyl (C=O) groups excluding carboxylic acids is 1. The van der Waals surface area contributed by atoms with Gasteiger partial charge in [0.25, 0.3) is 0 Å². The second kappa shape index (κ2) is 3.52. The van der Waals surface area contributed by atoms with Crippen molar-refractivity contribution in [1.82, 2.24) is 0 Å². The van der Waals surface area contributed by atoms with Crippen LogP contribution in [-0.2, 0) is 9.53 Å². The van der Waals surface area contributed by atoms with Crippen molar-refractivity contribution >= 4 is 5.97 Å². The van der Waals surface area contributed by atoms with Crippen LogP contribution in [0.4, 0.5) is 0 Å². The van der Waals surface area contributed by atoms with Crippen LogP contribution in [0.25, 0.3) is 0 Å². The molecule has 3 fully saturated rings. The zero-order chi connectivity index (χ0) is 13.2. The first-order valence-corrected chi connectivity index (χ1v) is 7.54. The maximum atomic E-state index is 12.0. The van der Waals surface area contributed by atoms with Crippen molar-refractivity contribution in [3.8, 4) is 0 Å². The lowest BCUT2D eigenvalue weighted by atomic mass is 9.46. The van der Waals surface area contributed by atoms with Gasteiger partial charge in [0.15, 0.2) is 0 Å². The van der Waals surface area contributed by atoms with E-state index in [0.29, 0.717) is 23.7 Å². The van der Waals surface area contributed by atoms with Crippen molar-refractivity contribution in [2.24, 2.45) is 22.7 Å². The lowest BCUT2D eigenvalue weighted by molar-refractivity contribution is -0.202. The van der Waals surface area contributed by atoms with Gasteiger partial charge in [-0.3, -0.25) is 4.79 Å². The molecule has 0 aromatic rings. The topological polar surface area (TPSA) is 26.3 Å². The SMILES string of the molecule is C[C@H]1CC[C@@H]2C(C)(C)CCC[C@]23OC(=O)C[C@]13C. The first kappa shape index (κ1) is 12.5. The van der Waals surface area contributed by atoms with Crippen molar-refractivity contribution in [2.45, 2.75) is 71.8 Å². The summed E-state index contributed by atoms with van der Waals surface area (Å²) in [7, 11) is 0. The molecule has 2 saturated carbocycles. The molecule has 0 unspecified atom stereocenters. The third-order valence-electron chi connectivity index (χ3n) is 6.63. The summed E-state index contributed by atoms with van der Waals surface area (Å²) >= 11 is 0. The van der Waals surface area contributed by atoms with Crippen molar-refractivity contribution in [3.05, 3.63) is 0 Å². The zero-order valence-corrected chi connectivity index (χ0v) is 12.2. The lowest BCUT2D eigenvalue weighted by Gasteiger charge is -2.60. The number of esters is 1. The zero-order valence-electron chi connectivity index (χ0n) is 12.2. The third-order valence-corrected chi connectivity index (χ3v) is 6.63. The number of carbonyl (C=O) groups is 1. The van der Waals surface area contributed by atoms with Gasteiger partial charge < -0.3 is 4.74 Å². The Kier molecular flexibility index (Phi) is 2.44. The first-order chi connectivity index (χ1) is 8.32. The minimum absolute atomic E-state index is 0.0500. The average molecular weight is 250 g/mol. The summed E-state index contributed by atoms with van der Waals surface area (Å²) in [4.78, 5) is 12.0. The number of hydrogen-bond acceptors (Lipinski definition) is 2. The van der Waals surface area contributed by atoms with E-state index in [1.807, 2.05) is 0 Å². The van der Waals surface area contributed by atoms with Gasteiger partial charge in [-0.25, -0.2) is 0 Å². The van der Waals surface area contributed by atoms with E-state index in [1.54, 1.807) is 0 Å². The highest BCUT2D eigenvalue weighted by molar-refractivity contribution is 5.74. The highest BCUT2D eigenvalue weighted by Crippen LogP contribution is 2.66. The Bertz CT molecular complexity index is 387. The second-order valence-electron chi connectivity index (χ2n) is 7.83. The maximum Gasteiger partial charge on any atom is 0.307 e. The number of hydrogen-bond donors (Lipinski definition) is 0. The Morgan fingerprint density at radius 1 is 1.17 bits per heavy atom. The summed E-state index contributed by atoms with van der Waals surface area (Å²) < 4.78 is 6.03. The Morgan fingerprint density at radius 3 is 2.61 bits per heavy atom. The van der Waals surface area contributed by atoms with E-state index >= 15 is 0 Å². The monoisotopic (exact) mass is 250 g/mol. The fraction of sp³-hybridized carbons (Fsp3) is 0.938. The van der Waals surface area contributed by atoms with Gasteiger partial charge in [0.1, 0.15) is 5.60 Å². The highest BCUT2D eigenvalue weighted by Gasteiger charge is 2.68. The lowest BCUT2D eigenvalue weighted by Crippen LogP contribution is -2.61. The molecule has 2 heteroatoms. The highest BCUT2D eigenvalue weighted by atomic mass is 16.6. The van der Waals surface area contributed by atoms with E-state index in [1.165, 1.54) is 25.7 Å². The van der Waals surface area contributed by atoms with Crippen LogP contribution in [0, 0.1) is 22.7 Å². The molecule has 2 nitrogen and oxygen atoms in total. The molecule has 4 atom stereocenters. The van der Waals surface area contributed by atoms with Crippen LogP contribution in [0.1, 0.15) is 66.2 Å². The van der Waals surface area contributed by atoms with Gasteiger partial charge in [0.05, 0.1) is 6.42 Å². The first-order valence-electron chi connectivity index (χ1n) is 7.54. The van der Waals surface area contributed by atoms with Crippen molar-refractivity contribution in [2.75, 3.05) is 0 Å². The van der Waals surface area contributed by atoms with Crippen LogP contribution in [0.3, 0.4) is 0 Å². The molecule has 0 radical (unpaired) electrons. The van der Waals surface area contributed by atoms with Crippen LogP contribution in [-0.4, -0.2) is 11.6 Å². The van der Waals surface area contributed by atoms with Crippen LogP contribution >= 0.6 is 0 Å². The average Bonchev–Trinajstić information content (AvgIpc) is 2.50. The van der Waals surface area contributed by atoms with E-state index in [-0.39, 0.29) is 17.0 Å². The fourth-order valence-corrected chi connectivity index (χ4v) is 5.35. The molecule has 0 amide bonds. The van der Waals surface area contributed by atoms with Gasteiger partial charge in [-0.2, -0.15) is 0 Å². The minimum Gasteiger partial charge on any atom is -0.458 e. The molecule has 3 aliphatic rings. The fourth-order valence-electron chi connectivity index (χ4n) is 5.35. The Morgan fingerprint density at radius 2 is 1.89 bits per heavy atom. The standard InChI is InChI=1S/C16H26O2/c1-11-6-7-12-14(2,3)8-5-9-16(12)15(11,4)10-13(17)18-16/h11-12H,5-10H2,1-4H3/t11-,12+,15+,16-/m0/s1. The largest absolute Gasteiger partial charge is 0.458 e. The summed E-state index contributed by atoms with van der Waals surface area (Å²) in [5, 5.41) is 0. The summed E-state index contributed by atoms with van der Waals surface area (Å²) in [6.45, 7) is 9.39. The van der Waals surface area contributed by atoms with Crippen LogP contribution in [0.15, 0.2) is 0 Å². The van der Waals surface area contributed by atoms with E-state index in [0.717, 1.165) is 6.42 Å². The summed E-state index contributed by atoms with van der Waals surface area (Å²) in [5.74, 6) is 1.22. The van der Waals surface area contributed by atoms with Gasteiger partial charge >= 0.3 is 5.97 Å². The van der Waals surface area contributed by atoms with Gasteiger partial charge in [-0.05, 0) is 43.4 Å². The van der Waals surface area contributed by atoms with Gasteiger partial charge in [0.2, 0.25) is 0 Å². The molecule has 102 valence electrons.